The van der Waals surface area contributed by atoms with Crippen molar-refractivity contribution >= 4 is 5.69 Å². The lowest BCUT2D eigenvalue weighted by Crippen LogP contribution is -2.36. The van der Waals surface area contributed by atoms with E-state index in [0.717, 1.165) is 32.8 Å². The highest BCUT2D eigenvalue weighted by atomic mass is 16.5. The second kappa shape index (κ2) is 5.14. The highest BCUT2D eigenvalue weighted by Crippen LogP contribution is 2.17. The van der Waals surface area contributed by atoms with E-state index in [4.69, 9.17) is 4.74 Å². The van der Waals surface area contributed by atoms with Crippen LogP contribution in [0.4, 0.5) is 5.69 Å². The van der Waals surface area contributed by atoms with E-state index >= 15 is 0 Å². The molecular weight excluding hydrogens is 188 g/mol. The number of hydrogen-bond donors (Lipinski definition) is 1. The Hall–Kier alpha value is -1.06. The molecule has 1 aromatic rings. The molecule has 0 radical (unpaired) electrons. The molecule has 0 aromatic heterocycles. The molecule has 0 saturated carbocycles. The molecule has 1 N–H and O–H groups in total. The van der Waals surface area contributed by atoms with Crippen LogP contribution in [0.3, 0.4) is 0 Å². The van der Waals surface area contributed by atoms with Gasteiger partial charge in [-0.05, 0) is 24.7 Å². The minimum absolute atomic E-state index is 0.844. The van der Waals surface area contributed by atoms with Crippen LogP contribution >= 0.6 is 0 Å². The first-order chi connectivity index (χ1) is 7.40. The third-order valence-electron chi connectivity index (χ3n) is 2.67. The first-order valence-corrected chi connectivity index (χ1v) is 5.46. The number of hydrogen-bond acceptors (Lipinski definition) is 3. The molecule has 3 heteroatoms. The van der Waals surface area contributed by atoms with Crippen LogP contribution in [-0.2, 0) is 11.3 Å². The van der Waals surface area contributed by atoms with E-state index in [-0.39, 0.29) is 0 Å². The maximum Gasteiger partial charge on any atom is 0.0642 e. The number of rotatable bonds is 3. The number of nitrogens with one attached hydrogen (secondary N) is 1. The van der Waals surface area contributed by atoms with Gasteiger partial charge in [-0.3, -0.25) is 0 Å². The third-order valence-corrected chi connectivity index (χ3v) is 2.67. The summed E-state index contributed by atoms with van der Waals surface area (Å²) in [5, 5.41) is 3.17. The molecule has 3 nitrogen and oxygen atoms in total. The summed E-state index contributed by atoms with van der Waals surface area (Å²) in [6, 6.07) is 8.70. The topological polar surface area (TPSA) is 24.5 Å². The number of ether oxygens (including phenoxy) is 1. The smallest absolute Gasteiger partial charge is 0.0642 e. The summed E-state index contributed by atoms with van der Waals surface area (Å²) in [5.74, 6) is 0. The van der Waals surface area contributed by atoms with Crippen molar-refractivity contribution in [2.45, 2.75) is 6.54 Å². The van der Waals surface area contributed by atoms with Crippen LogP contribution in [0, 0.1) is 0 Å². The predicted molar refractivity (Wildman–Crippen MR) is 62.2 cm³/mol. The predicted octanol–water partition coefficient (Wildman–Crippen LogP) is 1.24. The second-order valence-corrected chi connectivity index (χ2v) is 3.80. The maximum absolute atomic E-state index is 5.34. The number of nitrogens with zero attached hydrogens (tertiary/aromatic N) is 1. The second-order valence-electron chi connectivity index (χ2n) is 3.80. The fourth-order valence-electron chi connectivity index (χ4n) is 1.89. The molecule has 0 bridgehead atoms. The van der Waals surface area contributed by atoms with Crippen molar-refractivity contribution < 1.29 is 4.74 Å². The van der Waals surface area contributed by atoms with Crippen molar-refractivity contribution in [3.8, 4) is 0 Å². The molecule has 82 valence electrons. The molecule has 1 aliphatic rings. The number of morpholine rings is 1. The van der Waals surface area contributed by atoms with E-state index in [1.165, 1.54) is 11.3 Å². The average molecular weight is 206 g/mol. The zero-order valence-corrected chi connectivity index (χ0v) is 9.20. The highest BCUT2D eigenvalue weighted by molar-refractivity contribution is 5.48. The highest BCUT2D eigenvalue weighted by Gasteiger charge is 2.10. The largest absolute Gasteiger partial charge is 0.378 e. The van der Waals surface area contributed by atoms with Crippen molar-refractivity contribution in [1.82, 2.24) is 5.32 Å². The van der Waals surface area contributed by atoms with Gasteiger partial charge in [0.05, 0.1) is 13.2 Å². The molecule has 0 spiro atoms. The molecule has 2 rings (SSSR count). The molecular formula is C12H18N2O. The van der Waals surface area contributed by atoms with Crippen molar-refractivity contribution in [3.63, 3.8) is 0 Å². The first kappa shape index (κ1) is 10.5. The Labute approximate surface area is 91.0 Å². The van der Waals surface area contributed by atoms with Crippen LogP contribution in [0.5, 0.6) is 0 Å². The lowest BCUT2D eigenvalue weighted by molar-refractivity contribution is 0.122. The Morgan fingerprint density at radius 3 is 2.87 bits per heavy atom. The molecule has 1 fully saturated rings. The van der Waals surface area contributed by atoms with Crippen LogP contribution in [0.25, 0.3) is 0 Å². The maximum atomic E-state index is 5.34. The summed E-state index contributed by atoms with van der Waals surface area (Å²) in [4.78, 5) is 2.38. The van der Waals surface area contributed by atoms with Crippen LogP contribution in [0.2, 0.25) is 0 Å². The molecule has 0 atom stereocenters. The van der Waals surface area contributed by atoms with E-state index < -0.39 is 0 Å². The Kier molecular flexibility index (Phi) is 3.59. The number of benzene rings is 1. The summed E-state index contributed by atoms with van der Waals surface area (Å²) in [7, 11) is 1.97. The van der Waals surface area contributed by atoms with Gasteiger partial charge >= 0.3 is 0 Å². The van der Waals surface area contributed by atoms with Crippen molar-refractivity contribution in [1.29, 1.82) is 0 Å². The van der Waals surface area contributed by atoms with E-state index in [2.05, 4.69) is 34.5 Å². The Balaban J connectivity index is 2.09. The number of anilines is 1. The molecule has 0 unspecified atom stereocenters. The fraction of sp³-hybridized carbons (Fsp3) is 0.500. The molecule has 0 aliphatic carbocycles. The minimum Gasteiger partial charge on any atom is -0.378 e. The Morgan fingerprint density at radius 1 is 1.33 bits per heavy atom. The molecule has 0 amide bonds. The standard InChI is InChI=1S/C12H18N2O/c1-13-10-11-3-2-4-12(9-11)14-5-7-15-8-6-14/h2-4,9,13H,5-8,10H2,1H3. The van der Waals surface area contributed by atoms with Crippen LogP contribution in [0.1, 0.15) is 5.56 Å². The Bertz CT molecular complexity index is 308. The van der Waals surface area contributed by atoms with Crippen molar-refractivity contribution in [3.05, 3.63) is 29.8 Å². The van der Waals surface area contributed by atoms with Gasteiger partial charge < -0.3 is 15.0 Å². The lowest BCUT2D eigenvalue weighted by atomic mass is 10.2. The first-order valence-electron chi connectivity index (χ1n) is 5.46. The van der Waals surface area contributed by atoms with Gasteiger partial charge in [0.2, 0.25) is 0 Å². The third kappa shape index (κ3) is 2.70. The fourth-order valence-corrected chi connectivity index (χ4v) is 1.89. The zero-order chi connectivity index (χ0) is 10.5. The minimum atomic E-state index is 0.844. The van der Waals surface area contributed by atoms with Crippen LogP contribution in [0.15, 0.2) is 24.3 Å². The van der Waals surface area contributed by atoms with E-state index in [9.17, 15) is 0 Å². The van der Waals surface area contributed by atoms with E-state index in [1.54, 1.807) is 0 Å². The summed E-state index contributed by atoms with van der Waals surface area (Å²) < 4.78 is 5.34. The molecule has 15 heavy (non-hydrogen) atoms. The monoisotopic (exact) mass is 206 g/mol. The van der Waals surface area contributed by atoms with Gasteiger partial charge in [-0.1, -0.05) is 12.1 Å². The summed E-state index contributed by atoms with van der Waals surface area (Å²) in [6.07, 6.45) is 0. The van der Waals surface area contributed by atoms with Gasteiger partial charge in [0.1, 0.15) is 0 Å². The SMILES string of the molecule is CNCc1cccc(N2CCOCC2)c1. The summed E-state index contributed by atoms with van der Waals surface area (Å²) in [6.45, 7) is 4.62. The summed E-state index contributed by atoms with van der Waals surface area (Å²) in [5.41, 5.74) is 2.65. The Morgan fingerprint density at radius 2 is 2.13 bits per heavy atom. The molecule has 1 aliphatic heterocycles. The quantitative estimate of drug-likeness (QED) is 0.805. The van der Waals surface area contributed by atoms with Gasteiger partial charge in [0.15, 0.2) is 0 Å². The van der Waals surface area contributed by atoms with Crippen LogP contribution in [-0.4, -0.2) is 33.4 Å². The van der Waals surface area contributed by atoms with E-state index in [1.807, 2.05) is 7.05 Å². The van der Waals surface area contributed by atoms with E-state index in [0.29, 0.717) is 0 Å². The van der Waals surface area contributed by atoms with Gasteiger partial charge in [0, 0.05) is 25.3 Å². The zero-order valence-electron chi connectivity index (χ0n) is 9.20. The van der Waals surface area contributed by atoms with Crippen molar-refractivity contribution in [2.24, 2.45) is 0 Å². The molecule has 1 saturated heterocycles. The summed E-state index contributed by atoms with van der Waals surface area (Å²) >= 11 is 0. The van der Waals surface area contributed by atoms with Crippen LogP contribution < -0.4 is 10.2 Å². The van der Waals surface area contributed by atoms with Crippen molar-refractivity contribution in [2.75, 3.05) is 38.3 Å². The van der Waals surface area contributed by atoms with Gasteiger partial charge in [0.25, 0.3) is 0 Å². The lowest BCUT2D eigenvalue weighted by Gasteiger charge is -2.29. The van der Waals surface area contributed by atoms with Gasteiger partial charge in [-0.25, -0.2) is 0 Å². The molecule has 1 heterocycles. The normalized spacial score (nSPS) is 16.7. The molecule has 1 aromatic carbocycles. The average Bonchev–Trinajstić information content (AvgIpc) is 2.31. The van der Waals surface area contributed by atoms with Gasteiger partial charge in [-0.15, -0.1) is 0 Å². The van der Waals surface area contributed by atoms with Gasteiger partial charge in [-0.2, -0.15) is 0 Å².